The quantitative estimate of drug-likeness (QED) is 0.902. The molecular weight excluding hydrogens is 254 g/mol. The third kappa shape index (κ3) is 2.89. The van der Waals surface area contributed by atoms with E-state index in [4.69, 9.17) is 9.26 Å². The number of ether oxygens (including phenoxy) is 1. The molecule has 3 rings (SSSR count). The van der Waals surface area contributed by atoms with Crippen molar-refractivity contribution in [2.75, 3.05) is 20.2 Å². The van der Waals surface area contributed by atoms with E-state index in [1.807, 2.05) is 30.3 Å². The van der Waals surface area contributed by atoms with E-state index < -0.39 is 0 Å². The molecule has 1 saturated heterocycles. The van der Waals surface area contributed by atoms with Crippen molar-refractivity contribution in [3.8, 4) is 0 Å². The zero-order valence-electron chi connectivity index (χ0n) is 11.6. The van der Waals surface area contributed by atoms with E-state index in [9.17, 15) is 0 Å². The maximum Gasteiger partial charge on any atom is 0.227 e. The smallest absolute Gasteiger partial charge is 0.227 e. The molecule has 1 fully saturated rings. The summed E-state index contributed by atoms with van der Waals surface area (Å²) in [6, 6.07) is 9.94. The van der Waals surface area contributed by atoms with Gasteiger partial charge < -0.3 is 14.6 Å². The predicted octanol–water partition coefficient (Wildman–Crippen LogP) is 1.96. The Labute approximate surface area is 118 Å². The molecule has 0 aliphatic carbocycles. The van der Waals surface area contributed by atoms with Gasteiger partial charge in [-0.3, -0.25) is 0 Å². The van der Waals surface area contributed by atoms with Crippen molar-refractivity contribution >= 4 is 0 Å². The summed E-state index contributed by atoms with van der Waals surface area (Å²) >= 11 is 0. The van der Waals surface area contributed by atoms with E-state index in [0.29, 0.717) is 17.6 Å². The first-order valence-corrected chi connectivity index (χ1v) is 6.97. The summed E-state index contributed by atoms with van der Waals surface area (Å²) < 4.78 is 10.9. The average molecular weight is 273 g/mol. The molecule has 0 saturated carbocycles. The molecule has 1 N–H and O–H groups in total. The molecule has 5 nitrogen and oxygen atoms in total. The monoisotopic (exact) mass is 273 g/mol. The van der Waals surface area contributed by atoms with Gasteiger partial charge in [0.25, 0.3) is 0 Å². The molecular formula is C15H19N3O2. The summed E-state index contributed by atoms with van der Waals surface area (Å²) in [5.41, 5.74) is 1.03. The largest absolute Gasteiger partial charge is 0.369 e. The summed E-state index contributed by atoms with van der Waals surface area (Å²) in [5.74, 6) is 1.90. The van der Waals surface area contributed by atoms with Crippen LogP contribution in [0.25, 0.3) is 0 Å². The second kappa shape index (κ2) is 6.15. The van der Waals surface area contributed by atoms with Crippen molar-refractivity contribution in [1.29, 1.82) is 0 Å². The zero-order chi connectivity index (χ0) is 13.8. The van der Waals surface area contributed by atoms with Gasteiger partial charge in [0.2, 0.25) is 11.7 Å². The van der Waals surface area contributed by atoms with Gasteiger partial charge in [-0.15, -0.1) is 0 Å². The molecule has 1 aromatic heterocycles. The molecule has 1 aliphatic heterocycles. The molecule has 1 aliphatic rings. The van der Waals surface area contributed by atoms with E-state index in [1.54, 1.807) is 7.11 Å². The molecule has 2 aromatic rings. The Morgan fingerprint density at radius 3 is 2.95 bits per heavy atom. The van der Waals surface area contributed by atoms with Gasteiger partial charge in [0, 0.05) is 13.5 Å². The van der Waals surface area contributed by atoms with Gasteiger partial charge in [0.1, 0.15) is 6.10 Å². The highest BCUT2D eigenvalue weighted by Crippen LogP contribution is 2.23. The standard InChI is InChI=1S/C15H19N3O2/c1-19-14(12-5-3-2-4-6-12)15-17-13(20-18-15)9-11-7-8-16-10-11/h2-6,11,14,16H,7-10H2,1H3. The van der Waals surface area contributed by atoms with Crippen LogP contribution in [0.2, 0.25) is 0 Å². The van der Waals surface area contributed by atoms with Crippen LogP contribution in [-0.2, 0) is 11.2 Å². The lowest BCUT2D eigenvalue weighted by atomic mass is 10.1. The van der Waals surface area contributed by atoms with Gasteiger partial charge in [0.05, 0.1) is 0 Å². The number of hydrogen-bond acceptors (Lipinski definition) is 5. The number of nitrogens with zero attached hydrogens (tertiary/aromatic N) is 2. The lowest BCUT2D eigenvalue weighted by Crippen LogP contribution is -2.11. The Morgan fingerprint density at radius 2 is 2.25 bits per heavy atom. The first kappa shape index (κ1) is 13.3. The molecule has 20 heavy (non-hydrogen) atoms. The van der Waals surface area contributed by atoms with Crippen molar-refractivity contribution < 1.29 is 9.26 Å². The number of rotatable bonds is 5. The van der Waals surface area contributed by atoms with Crippen molar-refractivity contribution in [1.82, 2.24) is 15.5 Å². The van der Waals surface area contributed by atoms with Crippen molar-refractivity contribution in [3.63, 3.8) is 0 Å². The molecule has 2 unspecified atom stereocenters. The predicted molar refractivity (Wildman–Crippen MR) is 74.3 cm³/mol. The number of hydrogen-bond donors (Lipinski definition) is 1. The van der Waals surface area contributed by atoms with Gasteiger partial charge in [-0.05, 0) is 31.0 Å². The summed E-state index contributed by atoms with van der Waals surface area (Å²) in [6.07, 6.45) is 1.74. The highest BCUT2D eigenvalue weighted by atomic mass is 16.5. The van der Waals surface area contributed by atoms with Crippen LogP contribution >= 0.6 is 0 Å². The van der Waals surface area contributed by atoms with E-state index in [-0.39, 0.29) is 6.10 Å². The topological polar surface area (TPSA) is 60.2 Å². The Bertz CT molecular complexity index is 535. The first-order valence-electron chi connectivity index (χ1n) is 6.97. The summed E-state index contributed by atoms with van der Waals surface area (Å²) in [6.45, 7) is 2.11. The van der Waals surface area contributed by atoms with Crippen molar-refractivity contribution in [3.05, 3.63) is 47.6 Å². The Balaban J connectivity index is 1.74. The lowest BCUT2D eigenvalue weighted by Gasteiger charge is -2.10. The van der Waals surface area contributed by atoms with Crippen molar-refractivity contribution in [2.45, 2.75) is 18.9 Å². The lowest BCUT2D eigenvalue weighted by molar-refractivity contribution is 0.126. The molecule has 5 heteroatoms. The van der Waals surface area contributed by atoms with Gasteiger partial charge >= 0.3 is 0 Å². The number of aromatic nitrogens is 2. The summed E-state index contributed by atoms with van der Waals surface area (Å²) in [7, 11) is 1.66. The first-order chi connectivity index (χ1) is 9.86. The Hall–Kier alpha value is -1.72. The molecule has 2 heterocycles. The minimum absolute atomic E-state index is 0.268. The van der Waals surface area contributed by atoms with Crippen LogP contribution in [0.15, 0.2) is 34.9 Å². The molecule has 0 radical (unpaired) electrons. The minimum Gasteiger partial charge on any atom is -0.369 e. The van der Waals surface area contributed by atoms with E-state index in [2.05, 4.69) is 15.5 Å². The third-order valence-corrected chi connectivity index (χ3v) is 3.68. The zero-order valence-corrected chi connectivity index (χ0v) is 11.6. The SMILES string of the molecule is COC(c1ccccc1)c1noc(CC2CCNC2)n1. The summed E-state index contributed by atoms with van der Waals surface area (Å²) in [5, 5.41) is 7.42. The van der Waals surface area contributed by atoms with Crippen LogP contribution in [0.1, 0.15) is 29.8 Å². The van der Waals surface area contributed by atoms with Crippen LogP contribution in [0.4, 0.5) is 0 Å². The van der Waals surface area contributed by atoms with Gasteiger partial charge in [-0.1, -0.05) is 35.5 Å². The fourth-order valence-corrected chi connectivity index (χ4v) is 2.61. The van der Waals surface area contributed by atoms with Crippen LogP contribution in [0, 0.1) is 5.92 Å². The van der Waals surface area contributed by atoms with E-state index in [0.717, 1.165) is 25.1 Å². The maximum absolute atomic E-state index is 5.51. The van der Waals surface area contributed by atoms with Crippen molar-refractivity contribution in [2.24, 2.45) is 5.92 Å². The highest BCUT2D eigenvalue weighted by molar-refractivity contribution is 5.22. The highest BCUT2D eigenvalue weighted by Gasteiger charge is 2.22. The van der Waals surface area contributed by atoms with Gasteiger partial charge in [0.15, 0.2) is 0 Å². The molecule has 0 amide bonds. The van der Waals surface area contributed by atoms with Crippen LogP contribution in [0.5, 0.6) is 0 Å². The van der Waals surface area contributed by atoms with Crippen LogP contribution < -0.4 is 5.32 Å². The normalized spacial score (nSPS) is 20.1. The molecule has 1 aromatic carbocycles. The van der Waals surface area contributed by atoms with Crippen LogP contribution in [0.3, 0.4) is 0 Å². The van der Waals surface area contributed by atoms with E-state index in [1.165, 1.54) is 6.42 Å². The third-order valence-electron chi connectivity index (χ3n) is 3.68. The maximum atomic E-state index is 5.51. The molecule has 2 atom stereocenters. The second-order valence-corrected chi connectivity index (χ2v) is 5.14. The van der Waals surface area contributed by atoms with Gasteiger partial charge in [-0.2, -0.15) is 4.98 Å². The Morgan fingerprint density at radius 1 is 1.40 bits per heavy atom. The number of benzene rings is 1. The van der Waals surface area contributed by atoms with E-state index >= 15 is 0 Å². The molecule has 0 spiro atoms. The fourth-order valence-electron chi connectivity index (χ4n) is 2.61. The summed E-state index contributed by atoms with van der Waals surface area (Å²) in [4.78, 5) is 4.49. The number of methoxy groups -OCH3 is 1. The Kier molecular flexibility index (Phi) is 4.08. The second-order valence-electron chi connectivity index (χ2n) is 5.14. The van der Waals surface area contributed by atoms with Crippen LogP contribution in [-0.4, -0.2) is 30.3 Å². The number of nitrogens with one attached hydrogen (secondary N) is 1. The molecule has 106 valence electrons. The fraction of sp³-hybridized carbons (Fsp3) is 0.467. The van der Waals surface area contributed by atoms with Gasteiger partial charge in [-0.25, -0.2) is 0 Å². The minimum atomic E-state index is -0.268. The average Bonchev–Trinajstić information content (AvgIpc) is 3.14. The molecule has 0 bridgehead atoms.